The molecule has 0 saturated carbocycles. The predicted molar refractivity (Wildman–Crippen MR) is 120 cm³/mol. The molecule has 0 rings (SSSR count). The Hall–Kier alpha value is 0.460. The van der Waals surface area contributed by atoms with E-state index in [0.717, 1.165) is 19.3 Å². The maximum absolute atomic E-state index is 11.7. The molecule has 33 heavy (non-hydrogen) atoms. The Balaban J connectivity index is 0. The fourth-order valence-corrected chi connectivity index (χ4v) is 3.82. The zero-order valence-electron chi connectivity index (χ0n) is 20.6. The second-order valence-corrected chi connectivity index (χ2v) is 9.62. The van der Waals surface area contributed by atoms with Gasteiger partial charge >= 0.3 is 35.5 Å². The second kappa shape index (κ2) is 24.2. The number of phosphoric acid groups is 1. The van der Waals surface area contributed by atoms with E-state index in [2.05, 4.69) is 16.0 Å². The van der Waals surface area contributed by atoms with Crippen LogP contribution in [0.3, 0.4) is 0 Å². The molecule has 0 aromatic heterocycles. The van der Waals surface area contributed by atoms with Gasteiger partial charge in [0.2, 0.25) is 0 Å². The number of carbonyl (C=O) groups is 1. The molecule has 0 aromatic carbocycles. The monoisotopic (exact) mass is 506 g/mol. The first-order valence-electron chi connectivity index (χ1n) is 12.0. The summed E-state index contributed by atoms with van der Waals surface area (Å²) in [5.41, 5.74) is 0. The number of carbonyl (C=O) groups excluding carboxylic acids is 1. The number of aliphatic hydroxyl groups is 3. The minimum absolute atomic E-state index is 0. The summed E-state index contributed by atoms with van der Waals surface area (Å²) in [6.45, 7) is -0.0893. The molecule has 0 spiro atoms. The van der Waals surface area contributed by atoms with Crippen molar-refractivity contribution in [2.24, 2.45) is 0 Å². The van der Waals surface area contributed by atoms with Crippen LogP contribution >= 0.6 is 7.82 Å². The van der Waals surface area contributed by atoms with Gasteiger partial charge in [-0.05, 0) is 6.42 Å². The van der Waals surface area contributed by atoms with Gasteiger partial charge in [0.15, 0.2) is 0 Å². The molecule has 0 bridgehead atoms. The number of rotatable bonds is 23. The maximum Gasteiger partial charge on any atom is 1.00 e. The van der Waals surface area contributed by atoms with E-state index in [1.54, 1.807) is 0 Å². The fraction of sp³-hybridized carbons (Fsp3) is 0.955. The molecule has 0 fully saturated rings. The molecule has 3 N–H and O–H groups in total. The van der Waals surface area contributed by atoms with Crippen molar-refractivity contribution in [3.05, 3.63) is 0 Å². The van der Waals surface area contributed by atoms with Crippen molar-refractivity contribution in [2.45, 2.75) is 109 Å². The van der Waals surface area contributed by atoms with E-state index in [9.17, 15) is 19.4 Å². The molecule has 0 aliphatic carbocycles. The maximum atomic E-state index is 11.7. The van der Waals surface area contributed by atoms with Gasteiger partial charge in [-0.2, -0.15) is 0 Å². The fourth-order valence-electron chi connectivity index (χ4n) is 3.04. The Bertz CT molecular complexity index is 496. The molecule has 0 aliphatic rings. The van der Waals surface area contributed by atoms with Gasteiger partial charge in [-0.3, -0.25) is 9.36 Å². The Morgan fingerprint density at radius 3 is 1.67 bits per heavy atom. The third kappa shape index (κ3) is 25.4. The summed E-state index contributed by atoms with van der Waals surface area (Å²) < 4.78 is 25.1. The van der Waals surface area contributed by atoms with Crippen molar-refractivity contribution in [3.8, 4) is 0 Å². The average Bonchev–Trinajstić information content (AvgIpc) is 2.77. The number of phosphoric ester groups is 1. The van der Waals surface area contributed by atoms with E-state index in [1.807, 2.05) is 0 Å². The van der Waals surface area contributed by atoms with Crippen LogP contribution in [0.2, 0.25) is 0 Å². The van der Waals surface area contributed by atoms with E-state index >= 15 is 0 Å². The summed E-state index contributed by atoms with van der Waals surface area (Å²) in [5.74, 6) is -0.445. The van der Waals surface area contributed by atoms with Gasteiger partial charge in [0.1, 0.15) is 18.8 Å². The quantitative estimate of drug-likeness (QED) is 0.0767. The van der Waals surface area contributed by atoms with E-state index < -0.39 is 45.8 Å². The van der Waals surface area contributed by atoms with Crippen LogP contribution in [0.1, 0.15) is 96.8 Å². The topological polar surface area (TPSA) is 146 Å². The standard InChI is InChI=1S/C22H45O9P.Na/c1-2-3-4-5-6-7-8-9-10-11-12-13-14-15-22(26)29-17-21(25)19-31-32(27,28)30-18-20(24)16-23;/h20-21,23-25H,2-19H2,1H3,(H,27,28);/q;+1/p-1. The molecule has 0 amide bonds. The molecule has 0 aromatic rings. The van der Waals surface area contributed by atoms with E-state index in [1.165, 1.54) is 64.2 Å². The number of unbranched alkanes of at least 4 members (excludes halogenated alkanes) is 12. The molecule has 11 heteroatoms. The summed E-state index contributed by atoms with van der Waals surface area (Å²) in [6, 6.07) is 0. The summed E-state index contributed by atoms with van der Waals surface area (Å²) in [4.78, 5) is 23.1. The van der Waals surface area contributed by atoms with Crippen molar-refractivity contribution in [1.82, 2.24) is 0 Å². The summed E-state index contributed by atoms with van der Waals surface area (Å²) >= 11 is 0. The first-order chi connectivity index (χ1) is 15.3. The molecule has 0 heterocycles. The van der Waals surface area contributed by atoms with E-state index in [4.69, 9.17) is 14.9 Å². The van der Waals surface area contributed by atoms with E-state index in [0.29, 0.717) is 0 Å². The van der Waals surface area contributed by atoms with Crippen LogP contribution in [0, 0.1) is 0 Å². The molecule has 0 aliphatic heterocycles. The zero-order valence-corrected chi connectivity index (χ0v) is 23.5. The zero-order chi connectivity index (χ0) is 24.1. The smallest absolute Gasteiger partial charge is 0.756 e. The Morgan fingerprint density at radius 2 is 1.21 bits per heavy atom. The molecule has 0 saturated heterocycles. The minimum Gasteiger partial charge on any atom is -0.756 e. The van der Waals surface area contributed by atoms with Crippen molar-refractivity contribution in [3.63, 3.8) is 0 Å². The summed E-state index contributed by atoms with van der Waals surface area (Å²) in [5, 5.41) is 27.3. The molecule has 0 radical (unpaired) electrons. The van der Waals surface area contributed by atoms with Crippen LogP contribution in [0.4, 0.5) is 0 Å². The Morgan fingerprint density at radius 1 is 0.788 bits per heavy atom. The van der Waals surface area contributed by atoms with Crippen LogP contribution < -0.4 is 34.5 Å². The van der Waals surface area contributed by atoms with Crippen molar-refractivity contribution >= 4 is 13.8 Å². The number of hydrogen-bond donors (Lipinski definition) is 3. The third-order valence-corrected chi connectivity index (χ3v) is 5.91. The van der Waals surface area contributed by atoms with Crippen LogP contribution in [-0.4, -0.2) is 59.9 Å². The first kappa shape index (κ1) is 35.6. The van der Waals surface area contributed by atoms with E-state index in [-0.39, 0.29) is 42.6 Å². The normalized spacial score (nSPS) is 14.8. The van der Waals surface area contributed by atoms with Gasteiger partial charge in [0, 0.05) is 6.42 Å². The SMILES string of the molecule is CCCCCCCCCCCCCCCC(=O)OCC(O)COP(=O)([O-])OCC(O)CO.[Na+]. The van der Waals surface area contributed by atoms with Crippen LogP contribution in [0.25, 0.3) is 0 Å². The molecule has 9 nitrogen and oxygen atoms in total. The van der Waals surface area contributed by atoms with Crippen molar-refractivity contribution in [2.75, 3.05) is 26.4 Å². The molecular weight excluding hydrogens is 462 g/mol. The predicted octanol–water partition coefficient (Wildman–Crippen LogP) is 0.231. The van der Waals surface area contributed by atoms with Gasteiger partial charge in [-0.1, -0.05) is 84.0 Å². The van der Waals surface area contributed by atoms with Gasteiger partial charge in [-0.15, -0.1) is 0 Å². The number of esters is 1. The minimum atomic E-state index is -4.73. The van der Waals surface area contributed by atoms with Gasteiger partial charge in [0.05, 0.1) is 19.8 Å². The second-order valence-electron chi connectivity index (χ2n) is 8.20. The Labute approximate surface area is 221 Å². The Kier molecular flexibility index (Phi) is 26.1. The third-order valence-electron chi connectivity index (χ3n) is 4.98. The average molecular weight is 507 g/mol. The largest absolute Gasteiger partial charge is 1.00 e. The van der Waals surface area contributed by atoms with Crippen molar-refractivity contribution < 1.29 is 72.9 Å². The summed E-state index contributed by atoms with van der Waals surface area (Å²) in [6.07, 6.45) is 13.4. The molecule has 3 unspecified atom stereocenters. The van der Waals surface area contributed by atoms with Crippen molar-refractivity contribution in [1.29, 1.82) is 0 Å². The van der Waals surface area contributed by atoms with Crippen LogP contribution in [0.5, 0.6) is 0 Å². The van der Waals surface area contributed by atoms with Crippen LogP contribution in [0.15, 0.2) is 0 Å². The molecule has 192 valence electrons. The first-order valence-corrected chi connectivity index (χ1v) is 13.5. The van der Waals surface area contributed by atoms with Gasteiger partial charge < -0.3 is 34.0 Å². The van der Waals surface area contributed by atoms with Crippen LogP contribution in [-0.2, 0) is 23.1 Å². The number of aliphatic hydroxyl groups excluding tert-OH is 3. The molecule has 3 atom stereocenters. The van der Waals surface area contributed by atoms with Gasteiger partial charge in [-0.25, -0.2) is 0 Å². The molecular formula is C22H44NaO9P. The number of ether oxygens (including phenoxy) is 1. The number of hydrogen-bond acceptors (Lipinski definition) is 9. The summed E-state index contributed by atoms with van der Waals surface area (Å²) in [7, 11) is -4.73. The van der Waals surface area contributed by atoms with Gasteiger partial charge in [0.25, 0.3) is 7.82 Å².